The van der Waals surface area contributed by atoms with Crippen molar-refractivity contribution >= 4 is 0 Å². The third kappa shape index (κ3) is 13.2. The van der Waals surface area contributed by atoms with Crippen LogP contribution in [0.3, 0.4) is 0 Å². The first-order valence-electron chi connectivity index (χ1n) is 9.20. The van der Waals surface area contributed by atoms with E-state index in [1.807, 2.05) is 13.8 Å². The lowest BCUT2D eigenvalue weighted by atomic mass is 10.2. The standard InChI is InChI=1S/C15H34N4.C2H6/c1-2-17-8-5-6-10-19-13-15-11-14(15)12-18-9-4-3-7-16;1-2/h14-15,17-19H,2-13,16H2,1H3;1-2H3. The van der Waals surface area contributed by atoms with Crippen LogP contribution in [0.15, 0.2) is 0 Å². The SMILES string of the molecule is CC.CCNCCCCNCC1CC1CNCCCCN. The summed E-state index contributed by atoms with van der Waals surface area (Å²) in [6, 6.07) is 0. The van der Waals surface area contributed by atoms with Crippen LogP contribution in [0.25, 0.3) is 0 Å². The maximum atomic E-state index is 5.47. The van der Waals surface area contributed by atoms with Crippen molar-refractivity contribution in [2.75, 3.05) is 45.8 Å². The van der Waals surface area contributed by atoms with Crippen molar-refractivity contribution in [1.29, 1.82) is 0 Å². The van der Waals surface area contributed by atoms with Crippen molar-refractivity contribution in [2.45, 2.75) is 52.9 Å². The second kappa shape index (κ2) is 16.2. The number of hydrogen-bond donors (Lipinski definition) is 4. The van der Waals surface area contributed by atoms with Gasteiger partial charge in [0.2, 0.25) is 0 Å². The summed E-state index contributed by atoms with van der Waals surface area (Å²) in [6.07, 6.45) is 6.36. The van der Waals surface area contributed by atoms with Crippen LogP contribution in [-0.4, -0.2) is 45.8 Å². The van der Waals surface area contributed by atoms with E-state index in [4.69, 9.17) is 5.73 Å². The summed E-state index contributed by atoms with van der Waals surface area (Å²) in [5.41, 5.74) is 5.47. The number of rotatable bonds is 14. The maximum Gasteiger partial charge on any atom is -0.00173 e. The molecule has 0 aromatic rings. The number of nitrogens with one attached hydrogen (secondary N) is 3. The van der Waals surface area contributed by atoms with Gasteiger partial charge in [-0.2, -0.15) is 0 Å². The van der Waals surface area contributed by atoms with Crippen molar-refractivity contribution in [2.24, 2.45) is 17.6 Å². The highest BCUT2D eigenvalue weighted by molar-refractivity contribution is 4.89. The molecule has 1 rings (SSSR count). The van der Waals surface area contributed by atoms with E-state index >= 15 is 0 Å². The van der Waals surface area contributed by atoms with Crippen molar-refractivity contribution in [3.8, 4) is 0 Å². The largest absolute Gasteiger partial charge is 0.330 e. The highest BCUT2D eigenvalue weighted by Crippen LogP contribution is 2.36. The smallest absolute Gasteiger partial charge is 0.00173 e. The van der Waals surface area contributed by atoms with Gasteiger partial charge in [-0.25, -0.2) is 0 Å². The molecule has 1 aliphatic carbocycles. The molecule has 0 aliphatic heterocycles. The molecule has 2 atom stereocenters. The summed E-state index contributed by atoms with van der Waals surface area (Å²) < 4.78 is 0. The highest BCUT2D eigenvalue weighted by Gasteiger charge is 2.35. The molecule has 1 fully saturated rings. The van der Waals surface area contributed by atoms with Crippen LogP contribution in [0, 0.1) is 11.8 Å². The Morgan fingerprint density at radius 3 is 1.76 bits per heavy atom. The minimum atomic E-state index is 0.825. The lowest BCUT2D eigenvalue weighted by Crippen LogP contribution is -2.23. The van der Waals surface area contributed by atoms with E-state index < -0.39 is 0 Å². The first-order chi connectivity index (χ1) is 10.4. The molecular weight excluding hydrogens is 260 g/mol. The Labute approximate surface area is 133 Å². The fourth-order valence-electron chi connectivity index (χ4n) is 2.46. The van der Waals surface area contributed by atoms with Crippen LogP contribution >= 0.6 is 0 Å². The van der Waals surface area contributed by atoms with Gasteiger partial charge < -0.3 is 21.7 Å². The highest BCUT2D eigenvalue weighted by atomic mass is 14.9. The Morgan fingerprint density at radius 2 is 1.29 bits per heavy atom. The molecule has 0 heterocycles. The Hall–Kier alpha value is -0.160. The van der Waals surface area contributed by atoms with Gasteiger partial charge in [0, 0.05) is 0 Å². The van der Waals surface area contributed by atoms with E-state index in [0.717, 1.165) is 44.4 Å². The van der Waals surface area contributed by atoms with Crippen LogP contribution < -0.4 is 21.7 Å². The Balaban J connectivity index is 0.00000191. The Bertz CT molecular complexity index is 199. The lowest BCUT2D eigenvalue weighted by Gasteiger charge is -2.06. The monoisotopic (exact) mass is 300 g/mol. The van der Waals surface area contributed by atoms with Gasteiger partial charge >= 0.3 is 0 Å². The van der Waals surface area contributed by atoms with Crippen LogP contribution in [0.4, 0.5) is 0 Å². The average molecular weight is 301 g/mol. The molecule has 0 spiro atoms. The van der Waals surface area contributed by atoms with Gasteiger partial charge in [0.15, 0.2) is 0 Å². The summed E-state index contributed by atoms with van der Waals surface area (Å²) in [5, 5.41) is 10.5. The molecule has 128 valence electrons. The third-order valence-electron chi connectivity index (χ3n) is 3.90. The summed E-state index contributed by atoms with van der Waals surface area (Å²) in [4.78, 5) is 0. The van der Waals surface area contributed by atoms with Gasteiger partial charge in [0.05, 0.1) is 0 Å². The van der Waals surface area contributed by atoms with Gasteiger partial charge in [-0.15, -0.1) is 0 Å². The second-order valence-corrected chi connectivity index (χ2v) is 5.72. The van der Waals surface area contributed by atoms with Gasteiger partial charge in [0.1, 0.15) is 0 Å². The lowest BCUT2D eigenvalue weighted by molar-refractivity contribution is 0.536. The molecule has 0 amide bonds. The van der Waals surface area contributed by atoms with Gasteiger partial charge in [0.25, 0.3) is 0 Å². The quantitative estimate of drug-likeness (QED) is 0.370. The van der Waals surface area contributed by atoms with Crippen LogP contribution in [0.1, 0.15) is 52.9 Å². The van der Waals surface area contributed by atoms with Crippen LogP contribution in [0.2, 0.25) is 0 Å². The predicted molar refractivity (Wildman–Crippen MR) is 94.8 cm³/mol. The molecule has 0 aromatic carbocycles. The van der Waals surface area contributed by atoms with E-state index in [9.17, 15) is 0 Å². The van der Waals surface area contributed by atoms with Crippen molar-refractivity contribution in [3.63, 3.8) is 0 Å². The van der Waals surface area contributed by atoms with Crippen LogP contribution in [0.5, 0.6) is 0 Å². The fraction of sp³-hybridized carbons (Fsp3) is 1.00. The molecule has 0 radical (unpaired) electrons. The predicted octanol–water partition coefficient (Wildman–Crippen LogP) is 1.96. The average Bonchev–Trinajstić information content (AvgIpc) is 3.27. The van der Waals surface area contributed by atoms with Crippen molar-refractivity contribution < 1.29 is 0 Å². The molecule has 4 nitrogen and oxygen atoms in total. The Morgan fingerprint density at radius 1 is 0.810 bits per heavy atom. The third-order valence-corrected chi connectivity index (χ3v) is 3.90. The topological polar surface area (TPSA) is 62.1 Å². The normalized spacial score (nSPS) is 20.0. The van der Waals surface area contributed by atoms with Gasteiger partial charge in [-0.05, 0) is 89.8 Å². The molecule has 0 bridgehead atoms. The van der Waals surface area contributed by atoms with E-state index in [1.54, 1.807) is 0 Å². The number of nitrogens with two attached hydrogens (primary N) is 1. The summed E-state index contributed by atoms with van der Waals surface area (Å²) in [7, 11) is 0. The second-order valence-electron chi connectivity index (χ2n) is 5.72. The molecule has 1 aliphatic rings. The molecule has 0 aromatic heterocycles. The summed E-state index contributed by atoms with van der Waals surface area (Å²) in [5.74, 6) is 1.85. The number of unbranched alkanes of at least 4 members (excludes halogenated alkanes) is 2. The molecule has 5 N–H and O–H groups in total. The number of hydrogen-bond acceptors (Lipinski definition) is 4. The van der Waals surface area contributed by atoms with Gasteiger partial charge in [-0.1, -0.05) is 20.8 Å². The zero-order chi connectivity index (χ0) is 15.8. The minimum absolute atomic E-state index is 0.825. The first kappa shape index (κ1) is 20.8. The summed E-state index contributed by atoms with van der Waals surface area (Å²) in [6.45, 7) is 14.0. The van der Waals surface area contributed by atoms with E-state index in [1.165, 1.54) is 45.3 Å². The van der Waals surface area contributed by atoms with Crippen molar-refractivity contribution in [1.82, 2.24) is 16.0 Å². The van der Waals surface area contributed by atoms with Gasteiger partial charge in [-0.3, -0.25) is 0 Å². The Kier molecular flexibility index (Phi) is 16.1. The van der Waals surface area contributed by atoms with Crippen molar-refractivity contribution in [3.05, 3.63) is 0 Å². The minimum Gasteiger partial charge on any atom is -0.330 e. The van der Waals surface area contributed by atoms with E-state index in [2.05, 4.69) is 22.9 Å². The summed E-state index contributed by atoms with van der Waals surface area (Å²) >= 11 is 0. The molecule has 4 heteroatoms. The molecule has 1 saturated carbocycles. The molecule has 2 unspecified atom stereocenters. The van der Waals surface area contributed by atoms with Crippen LogP contribution in [-0.2, 0) is 0 Å². The van der Waals surface area contributed by atoms with E-state index in [-0.39, 0.29) is 0 Å². The fourth-order valence-corrected chi connectivity index (χ4v) is 2.46. The molecule has 21 heavy (non-hydrogen) atoms. The molecule has 0 saturated heterocycles. The zero-order valence-electron chi connectivity index (χ0n) is 14.7. The molecular formula is C17H40N4. The zero-order valence-corrected chi connectivity index (χ0v) is 14.7. The first-order valence-corrected chi connectivity index (χ1v) is 9.20. The van der Waals surface area contributed by atoms with E-state index in [0.29, 0.717) is 0 Å². The maximum absolute atomic E-state index is 5.47.